The molecule has 0 saturated carbocycles. The highest BCUT2D eigenvalue weighted by molar-refractivity contribution is 7.99. The van der Waals surface area contributed by atoms with Gasteiger partial charge in [-0.1, -0.05) is 22.9 Å². The SMILES string of the molecule is Cc1ccc(SCCn2cc(CNC(C)(C)C)nn2)cc1. The van der Waals surface area contributed by atoms with E-state index in [0.717, 1.165) is 24.5 Å². The number of thioether (sulfide) groups is 1. The summed E-state index contributed by atoms with van der Waals surface area (Å²) in [7, 11) is 0. The normalized spacial score (nSPS) is 11.8. The van der Waals surface area contributed by atoms with Gasteiger partial charge in [-0.2, -0.15) is 0 Å². The second kappa shape index (κ2) is 7.09. The third-order valence-electron chi connectivity index (χ3n) is 3.00. The van der Waals surface area contributed by atoms with E-state index in [-0.39, 0.29) is 5.54 Å². The van der Waals surface area contributed by atoms with Crippen molar-refractivity contribution >= 4 is 11.8 Å². The summed E-state index contributed by atoms with van der Waals surface area (Å²) in [4.78, 5) is 1.30. The van der Waals surface area contributed by atoms with Crippen molar-refractivity contribution in [2.75, 3.05) is 5.75 Å². The van der Waals surface area contributed by atoms with Crippen LogP contribution in [0.2, 0.25) is 0 Å². The van der Waals surface area contributed by atoms with Crippen molar-refractivity contribution in [1.82, 2.24) is 20.3 Å². The first-order chi connectivity index (χ1) is 9.92. The molecule has 0 saturated heterocycles. The molecule has 0 amide bonds. The fourth-order valence-corrected chi connectivity index (χ4v) is 2.62. The molecule has 5 heteroatoms. The highest BCUT2D eigenvalue weighted by Gasteiger charge is 2.10. The molecule has 0 aliphatic heterocycles. The number of benzene rings is 1. The van der Waals surface area contributed by atoms with Gasteiger partial charge in [0.15, 0.2) is 0 Å². The van der Waals surface area contributed by atoms with Crippen LogP contribution in [0.3, 0.4) is 0 Å². The second-order valence-corrected chi connectivity index (χ2v) is 7.41. The highest BCUT2D eigenvalue weighted by Crippen LogP contribution is 2.18. The predicted molar refractivity (Wildman–Crippen MR) is 88.5 cm³/mol. The van der Waals surface area contributed by atoms with Crippen molar-refractivity contribution in [1.29, 1.82) is 0 Å². The van der Waals surface area contributed by atoms with E-state index in [4.69, 9.17) is 0 Å². The van der Waals surface area contributed by atoms with Crippen molar-refractivity contribution < 1.29 is 0 Å². The van der Waals surface area contributed by atoms with Gasteiger partial charge >= 0.3 is 0 Å². The molecule has 2 rings (SSSR count). The number of nitrogens with one attached hydrogen (secondary N) is 1. The summed E-state index contributed by atoms with van der Waals surface area (Å²) < 4.78 is 1.92. The summed E-state index contributed by atoms with van der Waals surface area (Å²) in [6.45, 7) is 10.2. The number of aryl methyl sites for hydroxylation is 2. The standard InChI is InChI=1S/C16H24N4S/c1-13-5-7-15(8-6-13)21-10-9-20-12-14(18-19-20)11-17-16(2,3)4/h5-8,12,17H,9-11H2,1-4H3. The van der Waals surface area contributed by atoms with Gasteiger partial charge in [0.2, 0.25) is 0 Å². The summed E-state index contributed by atoms with van der Waals surface area (Å²) in [5.74, 6) is 0.999. The molecule has 2 aromatic rings. The molecular weight excluding hydrogens is 280 g/mol. The van der Waals surface area contributed by atoms with Gasteiger partial charge < -0.3 is 5.32 Å². The van der Waals surface area contributed by atoms with Gasteiger partial charge in [-0.3, -0.25) is 4.68 Å². The van der Waals surface area contributed by atoms with Crippen molar-refractivity contribution in [3.63, 3.8) is 0 Å². The minimum Gasteiger partial charge on any atom is -0.306 e. The zero-order valence-electron chi connectivity index (χ0n) is 13.3. The molecule has 0 atom stereocenters. The van der Waals surface area contributed by atoms with Crippen LogP contribution >= 0.6 is 11.8 Å². The smallest absolute Gasteiger partial charge is 0.0965 e. The van der Waals surface area contributed by atoms with Crippen molar-refractivity contribution in [2.45, 2.75) is 51.2 Å². The minimum atomic E-state index is 0.102. The van der Waals surface area contributed by atoms with E-state index in [1.54, 1.807) is 0 Å². The molecule has 0 unspecified atom stereocenters. The summed E-state index contributed by atoms with van der Waals surface area (Å²) in [6.07, 6.45) is 2.02. The Morgan fingerprint density at radius 1 is 1.19 bits per heavy atom. The Labute approximate surface area is 131 Å². The summed E-state index contributed by atoms with van der Waals surface area (Å²) in [5.41, 5.74) is 2.39. The lowest BCUT2D eigenvalue weighted by atomic mass is 10.1. The molecule has 0 radical (unpaired) electrons. The molecule has 1 aromatic heterocycles. The Kier molecular flexibility index (Phi) is 5.42. The van der Waals surface area contributed by atoms with Crippen LogP contribution in [-0.4, -0.2) is 26.3 Å². The Morgan fingerprint density at radius 3 is 2.57 bits per heavy atom. The van der Waals surface area contributed by atoms with Crippen LogP contribution in [0.5, 0.6) is 0 Å². The topological polar surface area (TPSA) is 42.7 Å². The van der Waals surface area contributed by atoms with E-state index in [9.17, 15) is 0 Å². The number of aromatic nitrogens is 3. The van der Waals surface area contributed by atoms with Crippen LogP contribution in [0.25, 0.3) is 0 Å². The Bertz CT molecular complexity index is 554. The average Bonchev–Trinajstić information content (AvgIpc) is 2.86. The number of rotatable bonds is 6. The molecule has 0 aliphatic rings. The average molecular weight is 304 g/mol. The van der Waals surface area contributed by atoms with Crippen LogP contribution in [0, 0.1) is 6.92 Å². The van der Waals surface area contributed by atoms with Crippen LogP contribution in [0.1, 0.15) is 32.0 Å². The van der Waals surface area contributed by atoms with Gasteiger partial charge in [-0.15, -0.1) is 16.9 Å². The largest absolute Gasteiger partial charge is 0.306 e. The van der Waals surface area contributed by atoms with Gasteiger partial charge in [0, 0.05) is 28.9 Å². The fraction of sp³-hybridized carbons (Fsp3) is 0.500. The molecule has 1 aromatic carbocycles. The molecule has 0 fully saturated rings. The number of hydrogen-bond donors (Lipinski definition) is 1. The minimum absolute atomic E-state index is 0.102. The Balaban J connectivity index is 1.76. The molecule has 4 nitrogen and oxygen atoms in total. The van der Waals surface area contributed by atoms with Gasteiger partial charge in [-0.05, 0) is 39.8 Å². The second-order valence-electron chi connectivity index (χ2n) is 6.24. The van der Waals surface area contributed by atoms with Crippen molar-refractivity contribution in [3.05, 3.63) is 41.7 Å². The molecular formula is C16H24N4S. The maximum Gasteiger partial charge on any atom is 0.0965 e. The van der Waals surface area contributed by atoms with E-state index < -0.39 is 0 Å². The van der Waals surface area contributed by atoms with Crippen molar-refractivity contribution in [2.24, 2.45) is 0 Å². The fourth-order valence-electron chi connectivity index (χ4n) is 1.78. The highest BCUT2D eigenvalue weighted by atomic mass is 32.2. The first-order valence-electron chi connectivity index (χ1n) is 7.26. The third kappa shape index (κ3) is 5.89. The van der Waals surface area contributed by atoms with Crippen LogP contribution in [-0.2, 0) is 13.1 Å². The molecule has 0 bridgehead atoms. The van der Waals surface area contributed by atoms with E-state index in [1.807, 2.05) is 22.6 Å². The zero-order valence-corrected chi connectivity index (χ0v) is 14.1. The Hall–Kier alpha value is -1.33. The molecule has 0 spiro atoms. The zero-order chi connectivity index (χ0) is 15.3. The van der Waals surface area contributed by atoms with Crippen LogP contribution < -0.4 is 5.32 Å². The summed E-state index contributed by atoms with van der Waals surface area (Å²) in [6, 6.07) is 8.63. The number of nitrogens with zero attached hydrogens (tertiary/aromatic N) is 3. The van der Waals surface area contributed by atoms with Gasteiger partial charge in [0.25, 0.3) is 0 Å². The monoisotopic (exact) mass is 304 g/mol. The third-order valence-corrected chi connectivity index (χ3v) is 3.99. The van der Waals surface area contributed by atoms with Crippen LogP contribution in [0.15, 0.2) is 35.4 Å². The lowest BCUT2D eigenvalue weighted by Gasteiger charge is -2.19. The summed E-state index contributed by atoms with van der Waals surface area (Å²) in [5, 5.41) is 11.8. The maximum atomic E-state index is 4.20. The van der Waals surface area contributed by atoms with E-state index in [1.165, 1.54) is 10.5 Å². The predicted octanol–water partition coefficient (Wildman–Crippen LogP) is 3.27. The van der Waals surface area contributed by atoms with Gasteiger partial charge in [-0.25, -0.2) is 0 Å². The van der Waals surface area contributed by atoms with Gasteiger partial charge in [0.1, 0.15) is 0 Å². The molecule has 1 heterocycles. The van der Waals surface area contributed by atoms with E-state index >= 15 is 0 Å². The van der Waals surface area contributed by atoms with E-state index in [2.05, 4.69) is 67.6 Å². The van der Waals surface area contributed by atoms with Gasteiger partial charge in [0.05, 0.1) is 12.2 Å². The molecule has 21 heavy (non-hydrogen) atoms. The molecule has 114 valence electrons. The maximum absolute atomic E-state index is 4.20. The molecule has 1 N–H and O–H groups in total. The lowest BCUT2D eigenvalue weighted by molar-refractivity contribution is 0.421. The molecule has 0 aliphatic carbocycles. The van der Waals surface area contributed by atoms with E-state index in [0.29, 0.717) is 0 Å². The summed E-state index contributed by atoms with van der Waals surface area (Å²) >= 11 is 1.85. The number of hydrogen-bond acceptors (Lipinski definition) is 4. The quantitative estimate of drug-likeness (QED) is 0.832. The Morgan fingerprint density at radius 2 is 1.90 bits per heavy atom. The lowest BCUT2D eigenvalue weighted by Crippen LogP contribution is -2.35. The first-order valence-corrected chi connectivity index (χ1v) is 8.24. The van der Waals surface area contributed by atoms with Crippen LogP contribution in [0.4, 0.5) is 0 Å². The van der Waals surface area contributed by atoms with Crippen molar-refractivity contribution in [3.8, 4) is 0 Å². The first kappa shape index (κ1) is 16.0.